The molecular formula is C6H8ClN3O2. The van der Waals surface area contributed by atoms with E-state index in [0.29, 0.717) is 6.54 Å². The quantitative estimate of drug-likeness (QED) is 0.553. The van der Waals surface area contributed by atoms with E-state index in [1.807, 2.05) is 0 Å². The Labute approximate surface area is 75.2 Å². The Morgan fingerprint density at radius 1 is 1.58 bits per heavy atom. The lowest BCUT2D eigenvalue weighted by molar-refractivity contribution is -0.389. The third-order valence-electron chi connectivity index (χ3n) is 1.23. The molecule has 1 aromatic heterocycles. The molecule has 0 saturated carbocycles. The Kier molecular flexibility index (Phi) is 4.17. The van der Waals surface area contributed by atoms with E-state index < -0.39 is 4.92 Å². The van der Waals surface area contributed by atoms with Gasteiger partial charge in [-0.05, 0) is 16.0 Å². The zero-order valence-corrected chi connectivity index (χ0v) is 6.95. The van der Waals surface area contributed by atoms with Gasteiger partial charge in [0.1, 0.15) is 6.20 Å². The molecule has 0 atom stereocenters. The van der Waals surface area contributed by atoms with Crippen molar-refractivity contribution in [1.82, 2.24) is 4.98 Å². The van der Waals surface area contributed by atoms with Gasteiger partial charge in [0, 0.05) is 18.2 Å². The Bertz CT molecular complexity index is 262. The molecule has 2 N–H and O–H groups in total. The van der Waals surface area contributed by atoms with Gasteiger partial charge in [-0.1, -0.05) is 0 Å². The summed E-state index contributed by atoms with van der Waals surface area (Å²) in [5.41, 5.74) is 6.05. The fraction of sp³-hybridized carbons (Fsp3) is 0.167. The normalized spacial score (nSPS) is 8.75. The zero-order valence-electron chi connectivity index (χ0n) is 6.14. The molecule has 0 amide bonds. The van der Waals surface area contributed by atoms with Crippen molar-refractivity contribution in [3.63, 3.8) is 0 Å². The molecule has 0 spiro atoms. The average Bonchev–Trinajstić information content (AvgIpc) is 2.05. The second kappa shape index (κ2) is 4.63. The number of hydrogen-bond acceptors (Lipinski definition) is 4. The van der Waals surface area contributed by atoms with Crippen LogP contribution in [-0.4, -0.2) is 9.91 Å². The number of hydrogen-bond donors (Lipinski definition) is 1. The van der Waals surface area contributed by atoms with Crippen LogP contribution in [0.1, 0.15) is 5.56 Å². The summed E-state index contributed by atoms with van der Waals surface area (Å²) in [4.78, 5) is 13.1. The summed E-state index contributed by atoms with van der Waals surface area (Å²) in [6.45, 7) is 0.352. The van der Waals surface area contributed by atoms with Crippen molar-refractivity contribution in [2.75, 3.05) is 0 Å². The molecule has 0 aliphatic carbocycles. The lowest BCUT2D eigenvalue weighted by Crippen LogP contribution is -1.98. The van der Waals surface area contributed by atoms with E-state index in [1.165, 1.54) is 12.3 Å². The average molecular weight is 190 g/mol. The fourth-order valence-electron chi connectivity index (χ4n) is 0.645. The smallest absolute Gasteiger partial charge is 0.358 e. The van der Waals surface area contributed by atoms with Crippen molar-refractivity contribution in [3.8, 4) is 0 Å². The van der Waals surface area contributed by atoms with E-state index in [2.05, 4.69) is 4.98 Å². The van der Waals surface area contributed by atoms with E-state index in [9.17, 15) is 10.1 Å². The molecule has 0 fully saturated rings. The number of pyridine rings is 1. The standard InChI is InChI=1S/C6H7N3O2.ClH/c7-3-5-1-2-6(8-4-5)9(10)11;/h1-2,4H,3,7H2;1H. The van der Waals surface area contributed by atoms with Gasteiger partial charge in [0.2, 0.25) is 0 Å². The molecule has 12 heavy (non-hydrogen) atoms. The number of halogens is 1. The summed E-state index contributed by atoms with van der Waals surface area (Å²) < 4.78 is 0. The molecule has 0 aliphatic heterocycles. The molecule has 6 heteroatoms. The van der Waals surface area contributed by atoms with Crippen LogP contribution in [0.25, 0.3) is 0 Å². The molecule has 0 unspecified atom stereocenters. The second-order valence-corrected chi connectivity index (χ2v) is 1.99. The van der Waals surface area contributed by atoms with Gasteiger partial charge in [0.25, 0.3) is 0 Å². The molecule has 0 aromatic carbocycles. The predicted molar refractivity (Wildman–Crippen MR) is 46.0 cm³/mol. The number of aromatic nitrogens is 1. The van der Waals surface area contributed by atoms with E-state index in [1.54, 1.807) is 6.07 Å². The maximum atomic E-state index is 10.1. The Hall–Kier alpha value is -1.20. The van der Waals surface area contributed by atoms with Crippen LogP contribution >= 0.6 is 12.4 Å². The molecular weight excluding hydrogens is 182 g/mol. The number of nitro groups is 1. The minimum absolute atomic E-state index is 0. The van der Waals surface area contributed by atoms with Crippen LogP contribution in [0.4, 0.5) is 5.82 Å². The highest BCUT2D eigenvalue weighted by atomic mass is 35.5. The van der Waals surface area contributed by atoms with Crippen molar-refractivity contribution in [1.29, 1.82) is 0 Å². The van der Waals surface area contributed by atoms with Crippen LogP contribution in [0, 0.1) is 10.1 Å². The van der Waals surface area contributed by atoms with E-state index >= 15 is 0 Å². The minimum Gasteiger partial charge on any atom is -0.358 e. The molecule has 5 nitrogen and oxygen atoms in total. The Morgan fingerprint density at radius 2 is 2.25 bits per heavy atom. The Balaban J connectivity index is 0.00000121. The summed E-state index contributed by atoms with van der Waals surface area (Å²) in [7, 11) is 0. The first-order chi connectivity index (χ1) is 5.24. The van der Waals surface area contributed by atoms with Crippen molar-refractivity contribution in [2.24, 2.45) is 5.73 Å². The van der Waals surface area contributed by atoms with Crippen LogP contribution in [0.15, 0.2) is 18.3 Å². The third kappa shape index (κ3) is 2.44. The molecule has 0 saturated heterocycles. The summed E-state index contributed by atoms with van der Waals surface area (Å²) in [6.07, 6.45) is 1.40. The highest BCUT2D eigenvalue weighted by molar-refractivity contribution is 5.85. The van der Waals surface area contributed by atoms with E-state index in [0.717, 1.165) is 5.56 Å². The lowest BCUT2D eigenvalue weighted by atomic mass is 10.3. The van der Waals surface area contributed by atoms with Crippen molar-refractivity contribution < 1.29 is 4.92 Å². The largest absolute Gasteiger partial charge is 0.363 e. The second-order valence-electron chi connectivity index (χ2n) is 1.99. The summed E-state index contributed by atoms with van der Waals surface area (Å²) in [6, 6.07) is 2.92. The third-order valence-corrected chi connectivity index (χ3v) is 1.23. The van der Waals surface area contributed by atoms with Crippen molar-refractivity contribution >= 4 is 18.2 Å². The first kappa shape index (κ1) is 10.8. The van der Waals surface area contributed by atoms with Gasteiger partial charge in [0.15, 0.2) is 0 Å². The molecule has 1 aromatic rings. The van der Waals surface area contributed by atoms with Crippen LogP contribution < -0.4 is 5.73 Å². The number of nitrogens with zero attached hydrogens (tertiary/aromatic N) is 2. The van der Waals surface area contributed by atoms with Gasteiger partial charge < -0.3 is 15.8 Å². The van der Waals surface area contributed by atoms with Gasteiger partial charge >= 0.3 is 5.82 Å². The first-order valence-corrected chi connectivity index (χ1v) is 3.03. The van der Waals surface area contributed by atoms with Gasteiger partial charge in [-0.15, -0.1) is 12.4 Å². The van der Waals surface area contributed by atoms with Gasteiger partial charge in [-0.25, -0.2) is 0 Å². The van der Waals surface area contributed by atoms with Crippen LogP contribution in [0.5, 0.6) is 0 Å². The Morgan fingerprint density at radius 3 is 2.58 bits per heavy atom. The SMILES string of the molecule is Cl.NCc1ccc([N+](=O)[O-])nc1. The van der Waals surface area contributed by atoms with Gasteiger partial charge in [0.05, 0.1) is 0 Å². The van der Waals surface area contributed by atoms with E-state index in [-0.39, 0.29) is 18.2 Å². The number of rotatable bonds is 2. The molecule has 0 radical (unpaired) electrons. The summed E-state index contributed by atoms with van der Waals surface area (Å²) in [5.74, 6) is -0.151. The monoisotopic (exact) mass is 189 g/mol. The number of nitrogens with two attached hydrogens (primary N) is 1. The fourth-order valence-corrected chi connectivity index (χ4v) is 0.645. The van der Waals surface area contributed by atoms with Gasteiger partial charge in [-0.3, -0.25) is 0 Å². The van der Waals surface area contributed by atoms with E-state index in [4.69, 9.17) is 5.73 Å². The van der Waals surface area contributed by atoms with Gasteiger partial charge in [-0.2, -0.15) is 0 Å². The maximum Gasteiger partial charge on any atom is 0.363 e. The van der Waals surface area contributed by atoms with Crippen molar-refractivity contribution in [2.45, 2.75) is 6.54 Å². The van der Waals surface area contributed by atoms with Crippen molar-refractivity contribution in [3.05, 3.63) is 34.0 Å². The zero-order chi connectivity index (χ0) is 8.27. The minimum atomic E-state index is -0.541. The van der Waals surface area contributed by atoms with Crippen LogP contribution in [-0.2, 0) is 6.54 Å². The molecule has 0 aliphatic rings. The molecule has 66 valence electrons. The predicted octanol–water partition coefficient (Wildman–Crippen LogP) is 0.870. The highest BCUT2D eigenvalue weighted by Gasteiger charge is 2.04. The maximum absolute atomic E-state index is 10.1. The summed E-state index contributed by atoms with van der Waals surface area (Å²) >= 11 is 0. The molecule has 0 bridgehead atoms. The van der Waals surface area contributed by atoms with Crippen LogP contribution in [0.3, 0.4) is 0 Å². The molecule has 1 rings (SSSR count). The summed E-state index contributed by atoms with van der Waals surface area (Å²) in [5, 5.41) is 10.1. The highest BCUT2D eigenvalue weighted by Crippen LogP contribution is 2.06. The lowest BCUT2D eigenvalue weighted by Gasteiger charge is -1.92. The van der Waals surface area contributed by atoms with Crippen LogP contribution in [0.2, 0.25) is 0 Å². The topological polar surface area (TPSA) is 82.0 Å². The first-order valence-electron chi connectivity index (χ1n) is 3.03. The molecule has 1 heterocycles.